The van der Waals surface area contributed by atoms with Gasteiger partial charge in [0.15, 0.2) is 0 Å². The topological polar surface area (TPSA) is 87.7 Å². The standard InChI is InChI=1S/C13H16N2O4/c1-8(2)7-14-13(18)15-10-6-9(12(16)17)4-5-11(10)19-3/h4-6H,1,7H2,2-3H3,(H,16,17)(H2,14,15,18). The number of anilines is 1. The fourth-order valence-corrected chi connectivity index (χ4v) is 1.34. The van der Waals surface area contributed by atoms with Gasteiger partial charge in [-0.25, -0.2) is 9.59 Å². The molecule has 2 amide bonds. The number of benzene rings is 1. The third-order valence-corrected chi connectivity index (χ3v) is 2.25. The van der Waals surface area contributed by atoms with Gasteiger partial charge in [-0.2, -0.15) is 0 Å². The summed E-state index contributed by atoms with van der Waals surface area (Å²) in [5.41, 5.74) is 1.17. The Hall–Kier alpha value is -2.50. The summed E-state index contributed by atoms with van der Waals surface area (Å²) in [4.78, 5) is 22.5. The summed E-state index contributed by atoms with van der Waals surface area (Å²) in [6, 6.07) is 3.76. The van der Waals surface area contributed by atoms with Crippen LogP contribution in [0.4, 0.5) is 10.5 Å². The number of carboxylic acid groups (broad SMARTS) is 1. The maximum atomic E-state index is 11.6. The van der Waals surface area contributed by atoms with Crippen molar-refractivity contribution in [3.8, 4) is 5.75 Å². The van der Waals surface area contributed by atoms with Gasteiger partial charge in [-0.15, -0.1) is 0 Å². The van der Waals surface area contributed by atoms with Gasteiger partial charge in [0.1, 0.15) is 5.75 Å². The highest BCUT2D eigenvalue weighted by atomic mass is 16.5. The number of carbonyl (C=O) groups is 2. The van der Waals surface area contributed by atoms with Crippen LogP contribution in [0.3, 0.4) is 0 Å². The zero-order chi connectivity index (χ0) is 14.4. The number of methoxy groups -OCH3 is 1. The number of rotatable bonds is 5. The minimum absolute atomic E-state index is 0.0657. The number of amides is 2. The first kappa shape index (κ1) is 14.6. The second-order valence-electron chi connectivity index (χ2n) is 3.98. The van der Waals surface area contributed by atoms with Crippen LogP contribution in [-0.4, -0.2) is 30.8 Å². The molecule has 0 unspecified atom stereocenters. The van der Waals surface area contributed by atoms with Crippen LogP contribution < -0.4 is 15.4 Å². The predicted molar refractivity (Wildman–Crippen MR) is 71.8 cm³/mol. The van der Waals surface area contributed by atoms with Crippen molar-refractivity contribution in [3.05, 3.63) is 35.9 Å². The summed E-state index contributed by atoms with van der Waals surface area (Å²) in [5.74, 6) is -0.691. The van der Waals surface area contributed by atoms with Gasteiger partial charge >= 0.3 is 12.0 Å². The molecule has 0 aliphatic carbocycles. The van der Waals surface area contributed by atoms with E-state index in [2.05, 4.69) is 17.2 Å². The molecule has 0 saturated carbocycles. The Kier molecular flexibility index (Phi) is 4.93. The van der Waals surface area contributed by atoms with Gasteiger partial charge in [-0.3, -0.25) is 0 Å². The van der Waals surface area contributed by atoms with Crippen LogP contribution >= 0.6 is 0 Å². The number of hydrogen-bond acceptors (Lipinski definition) is 3. The molecule has 0 saturated heterocycles. The molecule has 0 spiro atoms. The maximum absolute atomic E-state index is 11.6. The van der Waals surface area contributed by atoms with Crippen molar-refractivity contribution in [1.29, 1.82) is 0 Å². The van der Waals surface area contributed by atoms with E-state index in [9.17, 15) is 9.59 Å². The van der Waals surface area contributed by atoms with Crippen LogP contribution in [0, 0.1) is 0 Å². The van der Waals surface area contributed by atoms with Crippen molar-refractivity contribution < 1.29 is 19.4 Å². The first-order valence-corrected chi connectivity index (χ1v) is 5.54. The first-order chi connectivity index (χ1) is 8.93. The Balaban J connectivity index is 2.85. The number of nitrogens with one attached hydrogen (secondary N) is 2. The Bertz CT molecular complexity index is 511. The van der Waals surface area contributed by atoms with Gasteiger partial charge < -0.3 is 20.5 Å². The molecule has 0 aliphatic rings. The lowest BCUT2D eigenvalue weighted by molar-refractivity contribution is 0.0697. The van der Waals surface area contributed by atoms with Crippen molar-refractivity contribution in [2.75, 3.05) is 19.0 Å². The summed E-state index contributed by atoms with van der Waals surface area (Å²) >= 11 is 0. The van der Waals surface area contributed by atoms with E-state index in [0.29, 0.717) is 18.0 Å². The molecule has 1 aromatic rings. The normalized spacial score (nSPS) is 9.58. The minimum Gasteiger partial charge on any atom is -0.495 e. The van der Waals surface area contributed by atoms with Crippen LogP contribution in [0.1, 0.15) is 17.3 Å². The molecule has 102 valence electrons. The molecule has 0 radical (unpaired) electrons. The van der Waals surface area contributed by atoms with E-state index in [-0.39, 0.29) is 5.56 Å². The number of ether oxygens (including phenoxy) is 1. The Morgan fingerprint density at radius 2 is 2.11 bits per heavy atom. The second kappa shape index (κ2) is 6.44. The summed E-state index contributed by atoms with van der Waals surface area (Å²) in [5, 5.41) is 14.0. The first-order valence-electron chi connectivity index (χ1n) is 5.54. The zero-order valence-electron chi connectivity index (χ0n) is 10.8. The van der Waals surface area contributed by atoms with Gasteiger partial charge in [0.25, 0.3) is 0 Å². The molecular formula is C13H16N2O4. The van der Waals surface area contributed by atoms with Crippen LogP contribution in [0.25, 0.3) is 0 Å². The van der Waals surface area contributed by atoms with Gasteiger partial charge in [-0.1, -0.05) is 12.2 Å². The number of hydrogen-bond donors (Lipinski definition) is 3. The molecule has 0 fully saturated rings. The van der Waals surface area contributed by atoms with Crippen molar-refractivity contribution in [3.63, 3.8) is 0 Å². The third kappa shape index (κ3) is 4.34. The summed E-state index contributed by atoms with van der Waals surface area (Å²) in [7, 11) is 1.44. The van der Waals surface area contributed by atoms with Crippen molar-refractivity contribution in [2.45, 2.75) is 6.92 Å². The van der Waals surface area contributed by atoms with E-state index in [4.69, 9.17) is 9.84 Å². The fourth-order valence-electron chi connectivity index (χ4n) is 1.34. The molecular weight excluding hydrogens is 248 g/mol. The van der Waals surface area contributed by atoms with Crippen molar-refractivity contribution >= 4 is 17.7 Å². The largest absolute Gasteiger partial charge is 0.495 e. The van der Waals surface area contributed by atoms with Crippen LogP contribution in [0.2, 0.25) is 0 Å². The van der Waals surface area contributed by atoms with E-state index < -0.39 is 12.0 Å². The predicted octanol–water partition coefficient (Wildman–Crippen LogP) is 2.09. The Labute approximate surface area is 111 Å². The molecule has 6 heteroatoms. The average molecular weight is 264 g/mol. The molecule has 0 atom stereocenters. The summed E-state index contributed by atoms with van der Waals surface area (Å²) in [6.45, 7) is 5.78. The average Bonchev–Trinajstić information content (AvgIpc) is 2.36. The molecule has 0 aromatic heterocycles. The molecule has 3 N–H and O–H groups in total. The maximum Gasteiger partial charge on any atom is 0.335 e. The van der Waals surface area contributed by atoms with E-state index in [1.54, 1.807) is 6.92 Å². The Morgan fingerprint density at radius 1 is 1.42 bits per heavy atom. The SMILES string of the molecule is C=C(C)CNC(=O)Nc1cc(C(=O)O)ccc1OC. The highest BCUT2D eigenvalue weighted by Crippen LogP contribution is 2.25. The molecule has 1 rings (SSSR count). The molecule has 1 aromatic carbocycles. The van der Waals surface area contributed by atoms with Crippen LogP contribution in [0.5, 0.6) is 5.75 Å². The monoisotopic (exact) mass is 264 g/mol. The summed E-state index contributed by atoms with van der Waals surface area (Å²) < 4.78 is 5.05. The quantitative estimate of drug-likeness (QED) is 0.710. The van der Waals surface area contributed by atoms with E-state index in [1.165, 1.54) is 25.3 Å². The fraction of sp³-hybridized carbons (Fsp3) is 0.231. The van der Waals surface area contributed by atoms with Crippen LogP contribution in [0.15, 0.2) is 30.4 Å². The molecule has 19 heavy (non-hydrogen) atoms. The minimum atomic E-state index is -1.08. The third-order valence-electron chi connectivity index (χ3n) is 2.25. The van der Waals surface area contributed by atoms with E-state index in [0.717, 1.165) is 5.57 Å². The summed E-state index contributed by atoms with van der Waals surface area (Å²) in [6.07, 6.45) is 0. The van der Waals surface area contributed by atoms with Crippen molar-refractivity contribution in [1.82, 2.24) is 5.32 Å². The zero-order valence-corrected chi connectivity index (χ0v) is 10.8. The van der Waals surface area contributed by atoms with Gasteiger partial charge in [0, 0.05) is 6.54 Å². The van der Waals surface area contributed by atoms with Gasteiger partial charge in [0.05, 0.1) is 18.4 Å². The number of aromatic carboxylic acids is 1. The van der Waals surface area contributed by atoms with E-state index in [1.807, 2.05) is 0 Å². The smallest absolute Gasteiger partial charge is 0.335 e. The second-order valence-corrected chi connectivity index (χ2v) is 3.98. The molecule has 6 nitrogen and oxygen atoms in total. The molecule has 0 heterocycles. The van der Waals surface area contributed by atoms with Crippen LogP contribution in [-0.2, 0) is 0 Å². The molecule has 0 bridgehead atoms. The Morgan fingerprint density at radius 3 is 2.63 bits per heavy atom. The van der Waals surface area contributed by atoms with Crippen molar-refractivity contribution in [2.24, 2.45) is 0 Å². The number of carboxylic acids is 1. The van der Waals surface area contributed by atoms with E-state index >= 15 is 0 Å². The highest BCUT2D eigenvalue weighted by molar-refractivity contribution is 5.94. The lowest BCUT2D eigenvalue weighted by Crippen LogP contribution is -2.30. The number of carbonyl (C=O) groups excluding carboxylic acids is 1. The van der Waals surface area contributed by atoms with Gasteiger partial charge in [-0.05, 0) is 25.1 Å². The highest BCUT2D eigenvalue weighted by Gasteiger charge is 2.11. The molecule has 0 aliphatic heterocycles. The van der Waals surface area contributed by atoms with Gasteiger partial charge in [0.2, 0.25) is 0 Å². The lowest BCUT2D eigenvalue weighted by Gasteiger charge is -2.11. The lowest BCUT2D eigenvalue weighted by atomic mass is 10.2. The number of urea groups is 1.